The average molecular weight is 526 g/mol. The lowest BCUT2D eigenvalue weighted by Gasteiger charge is -2.26. The molecule has 6 aromatic carbocycles. The third kappa shape index (κ3) is 3.82. The molecule has 0 amide bonds. The van der Waals surface area contributed by atoms with Crippen LogP contribution in [0, 0.1) is 0 Å². The zero-order valence-electron chi connectivity index (χ0n) is 22.4. The normalized spacial score (nSPS) is 11.4. The van der Waals surface area contributed by atoms with Crippen LogP contribution >= 0.6 is 0 Å². The lowest BCUT2D eigenvalue weighted by molar-refractivity contribution is 1.13. The fourth-order valence-electron chi connectivity index (χ4n) is 6.13. The molecular weight excluding hydrogens is 498 g/mol. The number of nitrogens with zero attached hydrogens (tertiary/aromatic N) is 3. The molecule has 0 saturated carbocycles. The predicted molar refractivity (Wildman–Crippen MR) is 172 cm³/mol. The summed E-state index contributed by atoms with van der Waals surface area (Å²) < 4.78 is 4.71. The van der Waals surface area contributed by atoms with E-state index in [1.165, 1.54) is 32.7 Å². The fraction of sp³-hybridized carbons (Fsp3) is 0. The molecule has 0 radical (unpaired) electrons. The topological polar surface area (TPSA) is 13.1 Å². The van der Waals surface area contributed by atoms with Crippen molar-refractivity contribution >= 4 is 49.8 Å². The molecule has 0 aliphatic rings. The Morgan fingerprint density at radius 1 is 0.390 bits per heavy atom. The van der Waals surface area contributed by atoms with Crippen LogP contribution in [-0.2, 0) is 0 Å². The van der Waals surface area contributed by atoms with Crippen LogP contribution in [0.15, 0.2) is 164 Å². The van der Waals surface area contributed by atoms with Gasteiger partial charge in [-0.1, -0.05) is 84.9 Å². The van der Waals surface area contributed by atoms with Crippen molar-refractivity contribution in [1.29, 1.82) is 0 Å². The van der Waals surface area contributed by atoms with E-state index in [-0.39, 0.29) is 0 Å². The third-order valence-corrected chi connectivity index (χ3v) is 7.91. The maximum absolute atomic E-state index is 2.43. The van der Waals surface area contributed by atoms with Gasteiger partial charge >= 0.3 is 0 Å². The quantitative estimate of drug-likeness (QED) is 0.218. The first-order valence-corrected chi connectivity index (χ1v) is 14.0. The number of rotatable bonds is 5. The van der Waals surface area contributed by atoms with Gasteiger partial charge in [-0.25, -0.2) is 0 Å². The number of anilines is 3. The number of hydrogen-bond acceptors (Lipinski definition) is 1. The largest absolute Gasteiger partial charge is 0.316 e. The Morgan fingerprint density at radius 3 is 1.73 bits per heavy atom. The molecule has 0 atom stereocenters. The standard InChI is InChI=1S/C38H27N3/c1-4-13-28(14-5-1)39-26-25-35-36(39)24-23-34-33-21-10-11-22-37(33)41(38(34)35)32-20-12-19-31(27-32)40(29-15-6-2-7-16-29)30-17-8-3-9-18-30/h1-27H. The van der Waals surface area contributed by atoms with Crippen LogP contribution in [0.25, 0.3) is 44.1 Å². The third-order valence-electron chi connectivity index (χ3n) is 7.91. The summed E-state index contributed by atoms with van der Waals surface area (Å²) >= 11 is 0. The lowest BCUT2D eigenvalue weighted by Crippen LogP contribution is -2.10. The second kappa shape index (κ2) is 9.58. The molecule has 0 aliphatic heterocycles. The molecule has 2 aromatic heterocycles. The van der Waals surface area contributed by atoms with Gasteiger partial charge in [-0.05, 0) is 72.8 Å². The first-order valence-electron chi connectivity index (χ1n) is 14.0. The van der Waals surface area contributed by atoms with Gasteiger partial charge in [-0.15, -0.1) is 0 Å². The number of benzene rings is 6. The SMILES string of the molecule is c1ccc(N(c2ccccc2)c2cccc(-n3c4ccccc4c4ccc5c(ccn5-c5ccccc5)c43)c2)cc1. The molecule has 0 fully saturated rings. The molecule has 0 unspecified atom stereocenters. The van der Waals surface area contributed by atoms with E-state index in [0.717, 1.165) is 28.4 Å². The van der Waals surface area contributed by atoms with E-state index in [1.807, 2.05) is 0 Å². The van der Waals surface area contributed by atoms with Gasteiger partial charge in [0.1, 0.15) is 0 Å². The zero-order valence-corrected chi connectivity index (χ0v) is 22.4. The highest BCUT2D eigenvalue weighted by molar-refractivity contribution is 6.18. The molecular formula is C38H27N3. The van der Waals surface area contributed by atoms with E-state index in [0.29, 0.717) is 0 Å². The molecule has 194 valence electrons. The molecule has 0 aliphatic carbocycles. The van der Waals surface area contributed by atoms with E-state index in [2.05, 4.69) is 178 Å². The van der Waals surface area contributed by atoms with Gasteiger partial charge in [0.25, 0.3) is 0 Å². The fourth-order valence-corrected chi connectivity index (χ4v) is 6.13. The molecule has 8 rings (SSSR count). The molecule has 2 heterocycles. The van der Waals surface area contributed by atoms with E-state index in [9.17, 15) is 0 Å². The smallest absolute Gasteiger partial charge is 0.0635 e. The Morgan fingerprint density at radius 2 is 1.00 bits per heavy atom. The number of aromatic nitrogens is 2. The van der Waals surface area contributed by atoms with Gasteiger partial charge in [-0.3, -0.25) is 0 Å². The van der Waals surface area contributed by atoms with Crippen LogP contribution in [0.4, 0.5) is 17.1 Å². The van der Waals surface area contributed by atoms with E-state index >= 15 is 0 Å². The van der Waals surface area contributed by atoms with Crippen LogP contribution in [0.5, 0.6) is 0 Å². The van der Waals surface area contributed by atoms with Crippen molar-refractivity contribution in [3.05, 3.63) is 164 Å². The zero-order chi connectivity index (χ0) is 27.2. The molecule has 0 saturated heterocycles. The predicted octanol–water partition coefficient (Wildman–Crippen LogP) is 10.2. The van der Waals surface area contributed by atoms with Crippen molar-refractivity contribution in [2.45, 2.75) is 0 Å². The molecule has 0 spiro atoms. The molecule has 0 bridgehead atoms. The van der Waals surface area contributed by atoms with Crippen LogP contribution < -0.4 is 4.90 Å². The summed E-state index contributed by atoms with van der Waals surface area (Å²) in [5.74, 6) is 0. The average Bonchev–Trinajstić information content (AvgIpc) is 3.62. The van der Waals surface area contributed by atoms with Crippen molar-refractivity contribution in [3.63, 3.8) is 0 Å². The van der Waals surface area contributed by atoms with Crippen LogP contribution in [0.3, 0.4) is 0 Å². The minimum absolute atomic E-state index is 1.11. The molecule has 8 aromatic rings. The second-order valence-corrected chi connectivity index (χ2v) is 10.3. The number of hydrogen-bond donors (Lipinski definition) is 0. The van der Waals surface area contributed by atoms with Crippen molar-refractivity contribution in [3.8, 4) is 11.4 Å². The monoisotopic (exact) mass is 525 g/mol. The Kier molecular flexibility index (Phi) is 5.46. The van der Waals surface area contributed by atoms with E-state index in [4.69, 9.17) is 0 Å². The summed E-state index contributed by atoms with van der Waals surface area (Å²) in [5.41, 5.74) is 9.27. The Labute approximate surface area is 238 Å². The van der Waals surface area contributed by atoms with Crippen LogP contribution in [0.2, 0.25) is 0 Å². The van der Waals surface area contributed by atoms with Gasteiger partial charge in [-0.2, -0.15) is 0 Å². The maximum atomic E-state index is 2.43. The Balaban J connectivity index is 1.39. The summed E-state index contributed by atoms with van der Waals surface area (Å²) in [4.78, 5) is 2.32. The van der Waals surface area contributed by atoms with E-state index in [1.54, 1.807) is 0 Å². The summed E-state index contributed by atoms with van der Waals surface area (Å²) in [6.45, 7) is 0. The molecule has 3 heteroatoms. The minimum atomic E-state index is 1.11. The minimum Gasteiger partial charge on any atom is -0.316 e. The van der Waals surface area contributed by atoms with Gasteiger partial charge < -0.3 is 14.0 Å². The van der Waals surface area contributed by atoms with Crippen molar-refractivity contribution in [1.82, 2.24) is 9.13 Å². The Hall–Kier alpha value is -5.54. The first kappa shape index (κ1) is 23.4. The molecule has 3 nitrogen and oxygen atoms in total. The van der Waals surface area contributed by atoms with Gasteiger partial charge in [0.2, 0.25) is 0 Å². The van der Waals surface area contributed by atoms with E-state index < -0.39 is 0 Å². The number of fused-ring (bicyclic) bond motifs is 5. The van der Waals surface area contributed by atoms with Gasteiger partial charge in [0, 0.05) is 50.8 Å². The van der Waals surface area contributed by atoms with Crippen LogP contribution in [0.1, 0.15) is 0 Å². The Bertz CT molecular complexity index is 2100. The molecule has 41 heavy (non-hydrogen) atoms. The maximum Gasteiger partial charge on any atom is 0.0635 e. The summed E-state index contributed by atoms with van der Waals surface area (Å²) in [7, 11) is 0. The summed E-state index contributed by atoms with van der Waals surface area (Å²) in [6.07, 6.45) is 2.18. The van der Waals surface area contributed by atoms with Crippen molar-refractivity contribution in [2.24, 2.45) is 0 Å². The summed E-state index contributed by atoms with van der Waals surface area (Å²) in [5, 5.41) is 3.74. The summed E-state index contributed by atoms with van der Waals surface area (Å²) in [6, 6.07) is 56.1. The lowest BCUT2D eigenvalue weighted by atomic mass is 10.1. The highest BCUT2D eigenvalue weighted by atomic mass is 15.1. The van der Waals surface area contributed by atoms with Gasteiger partial charge in [0.15, 0.2) is 0 Å². The highest BCUT2D eigenvalue weighted by Crippen LogP contribution is 2.40. The second-order valence-electron chi connectivity index (χ2n) is 10.3. The van der Waals surface area contributed by atoms with Gasteiger partial charge in [0.05, 0.1) is 16.6 Å². The number of para-hydroxylation sites is 4. The molecule has 0 N–H and O–H groups in total. The van der Waals surface area contributed by atoms with Crippen LogP contribution in [-0.4, -0.2) is 9.13 Å². The highest BCUT2D eigenvalue weighted by Gasteiger charge is 2.18. The van der Waals surface area contributed by atoms with Crippen molar-refractivity contribution < 1.29 is 0 Å². The first-order chi connectivity index (χ1) is 20.4. The van der Waals surface area contributed by atoms with Crippen molar-refractivity contribution in [2.75, 3.05) is 4.90 Å².